The van der Waals surface area contributed by atoms with Gasteiger partial charge in [0.25, 0.3) is 0 Å². The largest absolute Gasteiger partial charge is 0.377 e. The van der Waals surface area contributed by atoms with Crippen molar-refractivity contribution < 1.29 is 4.74 Å². The molecule has 0 fully saturated rings. The first kappa shape index (κ1) is 22.9. The number of rotatable bonds is 8. The van der Waals surface area contributed by atoms with Gasteiger partial charge in [-0.25, -0.2) is 9.97 Å². The minimum atomic E-state index is -0.403. The van der Waals surface area contributed by atoms with Gasteiger partial charge >= 0.3 is 0 Å². The normalized spacial score (nSPS) is 11.9. The second-order valence-corrected chi connectivity index (χ2v) is 9.50. The zero-order valence-corrected chi connectivity index (χ0v) is 20.5. The van der Waals surface area contributed by atoms with E-state index in [0.717, 1.165) is 27.8 Å². The van der Waals surface area contributed by atoms with E-state index in [9.17, 15) is 0 Å². The summed E-state index contributed by atoms with van der Waals surface area (Å²) in [5.74, 6) is 1.29. The maximum atomic E-state index is 6.53. The summed E-state index contributed by atoms with van der Waals surface area (Å²) in [5.41, 5.74) is 11.2. The van der Waals surface area contributed by atoms with E-state index < -0.39 is 5.60 Å². The number of hydrogen-bond donors (Lipinski definition) is 1. The number of nitrogens with two attached hydrogens (primary N) is 1. The van der Waals surface area contributed by atoms with Crippen molar-refractivity contribution in [2.24, 2.45) is 0 Å². The SMILES string of the molecule is COC(C)(C)Cn1c(N)nc2c(N(Cc3ccccc3)Cc3ccccc3)nc3ccccc3c21. The van der Waals surface area contributed by atoms with Gasteiger partial charge in [-0.05, 0) is 31.0 Å². The van der Waals surface area contributed by atoms with Crippen LogP contribution in [0.5, 0.6) is 0 Å². The van der Waals surface area contributed by atoms with E-state index in [2.05, 4.69) is 84.0 Å². The molecule has 0 unspecified atom stereocenters. The van der Waals surface area contributed by atoms with Gasteiger partial charge in [-0.2, -0.15) is 0 Å². The van der Waals surface area contributed by atoms with Crippen molar-refractivity contribution in [3.63, 3.8) is 0 Å². The molecular weight excluding hydrogens is 434 g/mol. The molecule has 0 radical (unpaired) electrons. The fraction of sp³-hybridized carbons (Fsp3) is 0.241. The van der Waals surface area contributed by atoms with Crippen LogP contribution in [0.1, 0.15) is 25.0 Å². The number of nitrogens with zero attached hydrogens (tertiary/aromatic N) is 4. The van der Waals surface area contributed by atoms with Gasteiger partial charge in [0.1, 0.15) is 5.52 Å². The first-order valence-corrected chi connectivity index (χ1v) is 11.9. The molecule has 2 heterocycles. The van der Waals surface area contributed by atoms with Crippen LogP contribution >= 0.6 is 0 Å². The van der Waals surface area contributed by atoms with E-state index in [1.807, 2.05) is 24.3 Å². The first-order chi connectivity index (χ1) is 16.9. The second kappa shape index (κ2) is 9.39. The highest BCUT2D eigenvalue weighted by atomic mass is 16.5. The number of fused-ring (bicyclic) bond motifs is 3. The number of methoxy groups -OCH3 is 1. The minimum Gasteiger partial charge on any atom is -0.377 e. The van der Waals surface area contributed by atoms with Crippen LogP contribution in [0, 0.1) is 0 Å². The molecule has 3 aromatic carbocycles. The van der Waals surface area contributed by atoms with Gasteiger partial charge in [-0.15, -0.1) is 0 Å². The Balaban J connectivity index is 1.72. The molecule has 0 saturated carbocycles. The summed E-state index contributed by atoms with van der Waals surface area (Å²) >= 11 is 0. The molecule has 0 aliphatic carbocycles. The third kappa shape index (κ3) is 4.70. The summed E-state index contributed by atoms with van der Waals surface area (Å²) in [5, 5.41) is 1.03. The topological polar surface area (TPSA) is 69.2 Å². The average Bonchev–Trinajstić information content (AvgIpc) is 3.20. The molecule has 5 rings (SSSR count). The lowest BCUT2D eigenvalue weighted by Crippen LogP contribution is -2.29. The van der Waals surface area contributed by atoms with Crippen LogP contribution in [0.25, 0.3) is 21.9 Å². The van der Waals surface area contributed by atoms with Crippen molar-refractivity contribution >= 4 is 33.7 Å². The van der Waals surface area contributed by atoms with Crippen LogP contribution in [0.15, 0.2) is 84.9 Å². The summed E-state index contributed by atoms with van der Waals surface area (Å²) in [6, 6.07) is 29.1. The van der Waals surface area contributed by atoms with Gasteiger partial charge in [-0.1, -0.05) is 78.9 Å². The number of ether oxygens (including phenoxy) is 1. The maximum Gasteiger partial charge on any atom is 0.201 e. The summed E-state index contributed by atoms with van der Waals surface area (Å²) < 4.78 is 7.80. The molecule has 0 aliphatic heterocycles. The van der Waals surface area contributed by atoms with Gasteiger partial charge in [0, 0.05) is 25.6 Å². The molecule has 0 bridgehead atoms. The number of para-hydroxylation sites is 1. The summed E-state index contributed by atoms with van der Waals surface area (Å²) in [7, 11) is 1.72. The van der Waals surface area contributed by atoms with Crippen molar-refractivity contribution in [3.05, 3.63) is 96.1 Å². The van der Waals surface area contributed by atoms with E-state index in [-0.39, 0.29) is 0 Å². The van der Waals surface area contributed by atoms with Gasteiger partial charge in [0.2, 0.25) is 5.95 Å². The molecule has 0 saturated heterocycles. The van der Waals surface area contributed by atoms with E-state index in [1.54, 1.807) is 7.11 Å². The van der Waals surface area contributed by atoms with Gasteiger partial charge in [-0.3, -0.25) is 0 Å². The maximum absolute atomic E-state index is 6.53. The lowest BCUT2D eigenvalue weighted by Gasteiger charge is -2.26. The number of pyridine rings is 1. The molecule has 6 heteroatoms. The predicted molar refractivity (Wildman–Crippen MR) is 143 cm³/mol. The number of nitrogen functional groups attached to an aromatic ring is 1. The number of benzene rings is 3. The molecule has 2 N–H and O–H groups in total. The number of aromatic nitrogens is 3. The van der Waals surface area contributed by atoms with Crippen LogP contribution in [-0.4, -0.2) is 27.2 Å². The molecule has 0 amide bonds. The molecule has 178 valence electrons. The van der Waals surface area contributed by atoms with Crippen molar-refractivity contribution in [2.45, 2.75) is 39.1 Å². The highest BCUT2D eigenvalue weighted by molar-refractivity contribution is 6.07. The Bertz CT molecular complexity index is 1400. The van der Waals surface area contributed by atoms with Crippen LogP contribution in [0.2, 0.25) is 0 Å². The molecule has 0 spiro atoms. The smallest absolute Gasteiger partial charge is 0.201 e. The van der Waals surface area contributed by atoms with Crippen LogP contribution in [-0.2, 0) is 24.4 Å². The van der Waals surface area contributed by atoms with Crippen LogP contribution in [0.3, 0.4) is 0 Å². The summed E-state index contributed by atoms with van der Waals surface area (Å²) in [4.78, 5) is 12.3. The number of imidazole rings is 1. The van der Waals surface area contributed by atoms with Gasteiger partial charge < -0.3 is 19.9 Å². The number of anilines is 2. The van der Waals surface area contributed by atoms with Gasteiger partial charge in [0.15, 0.2) is 5.82 Å². The van der Waals surface area contributed by atoms with E-state index >= 15 is 0 Å². The molecule has 35 heavy (non-hydrogen) atoms. The molecule has 0 atom stereocenters. The van der Waals surface area contributed by atoms with Crippen LogP contribution in [0.4, 0.5) is 11.8 Å². The zero-order chi connectivity index (χ0) is 24.4. The highest BCUT2D eigenvalue weighted by Crippen LogP contribution is 2.35. The van der Waals surface area contributed by atoms with Crippen molar-refractivity contribution in [2.75, 3.05) is 17.7 Å². The Labute approximate surface area is 206 Å². The van der Waals surface area contributed by atoms with Crippen molar-refractivity contribution in [1.82, 2.24) is 14.5 Å². The molecule has 5 aromatic rings. The molecule has 2 aromatic heterocycles. The molecule has 0 aliphatic rings. The van der Waals surface area contributed by atoms with E-state index in [0.29, 0.717) is 25.6 Å². The third-order valence-corrected chi connectivity index (χ3v) is 6.42. The van der Waals surface area contributed by atoms with Gasteiger partial charge in [0.05, 0.1) is 23.2 Å². The monoisotopic (exact) mass is 465 g/mol. The Kier molecular flexibility index (Phi) is 6.14. The van der Waals surface area contributed by atoms with E-state index in [4.69, 9.17) is 20.4 Å². The fourth-order valence-electron chi connectivity index (χ4n) is 4.48. The minimum absolute atomic E-state index is 0.403. The second-order valence-electron chi connectivity index (χ2n) is 9.50. The lowest BCUT2D eigenvalue weighted by molar-refractivity contribution is 0.00951. The van der Waals surface area contributed by atoms with E-state index in [1.165, 1.54) is 11.1 Å². The molecular formula is C29H31N5O. The summed E-state index contributed by atoms with van der Waals surface area (Å²) in [6.07, 6.45) is 0. The highest BCUT2D eigenvalue weighted by Gasteiger charge is 2.25. The third-order valence-electron chi connectivity index (χ3n) is 6.42. The lowest BCUT2D eigenvalue weighted by atomic mass is 10.1. The predicted octanol–water partition coefficient (Wildman–Crippen LogP) is 5.80. The van der Waals surface area contributed by atoms with Crippen LogP contribution < -0.4 is 10.6 Å². The Morgan fingerprint density at radius 1 is 0.829 bits per heavy atom. The Hall–Kier alpha value is -3.90. The quantitative estimate of drug-likeness (QED) is 0.314. The summed E-state index contributed by atoms with van der Waals surface area (Å²) in [6.45, 7) is 6.09. The fourth-order valence-corrected chi connectivity index (χ4v) is 4.48. The average molecular weight is 466 g/mol. The zero-order valence-electron chi connectivity index (χ0n) is 20.5. The first-order valence-electron chi connectivity index (χ1n) is 11.9. The van der Waals surface area contributed by atoms with Crippen molar-refractivity contribution in [3.8, 4) is 0 Å². The van der Waals surface area contributed by atoms with Crippen molar-refractivity contribution in [1.29, 1.82) is 0 Å². The standard InChI is InChI=1S/C29H31N5O/c1-29(2,35-3)20-34-26-23-16-10-11-17-24(23)31-27(25(26)32-28(34)30)33(18-21-12-6-4-7-13-21)19-22-14-8-5-9-15-22/h4-17H,18-20H2,1-3H3,(H2,30,32). The Morgan fingerprint density at radius 2 is 1.40 bits per heavy atom. The Morgan fingerprint density at radius 3 is 2.00 bits per heavy atom. The number of hydrogen-bond acceptors (Lipinski definition) is 5. The molecule has 6 nitrogen and oxygen atoms in total.